The van der Waals surface area contributed by atoms with E-state index in [9.17, 15) is 0 Å². The Kier molecular flexibility index (Phi) is 5.27. The maximum absolute atomic E-state index is 6.25. The van der Waals surface area contributed by atoms with Crippen LogP contribution in [0.15, 0.2) is 162 Å². The van der Waals surface area contributed by atoms with Crippen LogP contribution in [0.3, 0.4) is 0 Å². The van der Waals surface area contributed by atoms with E-state index in [1.165, 1.54) is 71.1 Å². The fraction of sp³-hybridized carbons (Fsp3) is 0. The molecule has 0 saturated carbocycles. The Bertz CT molecular complexity index is 2440. The van der Waals surface area contributed by atoms with Crippen LogP contribution in [0, 0.1) is 0 Å². The molecule has 0 spiro atoms. The lowest BCUT2D eigenvalue weighted by Gasteiger charge is -2.19. The highest BCUT2D eigenvalue weighted by Gasteiger charge is 2.19. The molecule has 0 fully saturated rings. The van der Waals surface area contributed by atoms with Gasteiger partial charge >= 0.3 is 0 Å². The lowest BCUT2D eigenvalue weighted by Crippen LogP contribution is -1.92. The van der Waals surface area contributed by atoms with Crippen LogP contribution in [0.2, 0.25) is 0 Å². The third-order valence-electron chi connectivity index (χ3n) is 8.86. The quantitative estimate of drug-likeness (QED) is 0.201. The van der Waals surface area contributed by atoms with Gasteiger partial charge in [0.2, 0.25) is 0 Å². The maximum atomic E-state index is 6.25. The van der Waals surface area contributed by atoms with Gasteiger partial charge < -0.3 is 4.42 Å². The average Bonchev–Trinajstić information content (AvgIpc) is 3.47. The van der Waals surface area contributed by atoms with Crippen LogP contribution in [0.25, 0.3) is 87.6 Å². The van der Waals surface area contributed by atoms with Crippen molar-refractivity contribution >= 4 is 54.3 Å². The molecule has 0 radical (unpaired) electrons. The molecule has 0 aliphatic heterocycles. The van der Waals surface area contributed by atoms with Crippen molar-refractivity contribution in [2.75, 3.05) is 0 Å². The molecular formula is C42H26O. The van der Waals surface area contributed by atoms with Gasteiger partial charge in [0.25, 0.3) is 0 Å². The summed E-state index contributed by atoms with van der Waals surface area (Å²) in [6.07, 6.45) is 0. The third kappa shape index (κ3) is 3.65. The van der Waals surface area contributed by atoms with Gasteiger partial charge in [0.05, 0.1) is 0 Å². The van der Waals surface area contributed by atoms with Gasteiger partial charge in [-0.1, -0.05) is 140 Å². The van der Waals surface area contributed by atoms with Gasteiger partial charge in [0, 0.05) is 10.8 Å². The van der Waals surface area contributed by atoms with Crippen molar-refractivity contribution in [2.24, 2.45) is 0 Å². The van der Waals surface area contributed by atoms with Crippen LogP contribution in [-0.4, -0.2) is 0 Å². The van der Waals surface area contributed by atoms with Crippen LogP contribution in [-0.2, 0) is 0 Å². The molecule has 0 atom stereocenters. The SMILES string of the molecule is c1ccc(-c2cccc(-c3c4ccccc4c(-c4cccc5c4ccc4oc6ccccc6c45)c4ccccc34)c2)cc1. The van der Waals surface area contributed by atoms with Crippen LogP contribution >= 0.6 is 0 Å². The number of benzene rings is 8. The summed E-state index contributed by atoms with van der Waals surface area (Å²) >= 11 is 0. The third-order valence-corrected chi connectivity index (χ3v) is 8.86. The lowest BCUT2D eigenvalue weighted by atomic mass is 9.84. The summed E-state index contributed by atoms with van der Waals surface area (Å²) in [7, 11) is 0. The van der Waals surface area contributed by atoms with Crippen LogP contribution in [0.4, 0.5) is 0 Å². The number of hydrogen-bond acceptors (Lipinski definition) is 1. The monoisotopic (exact) mass is 546 g/mol. The summed E-state index contributed by atoms with van der Waals surface area (Å²) < 4.78 is 6.25. The highest BCUT2D eigenvalue weighted by Crippen LogP contribution is 2.46. The minimum atomic E-state index is 0.924. The highest BCUT2D eigenvalue weighted by atomic mass is 16.3. The van der Waals surface area contributed by atoms with Gasteiger partial charge in [0.1, 0.15) is 11.2 Å². The van der Waals surface area contributed by atoms with E-state index < -0.39 is 0 Å². The van der Waals surface area contributed by atoms with E-state index in [0.29, 0.717) is 0 Å². The van der Waals surface area contributed by atoms with E-state index in [2.05, 4.69) is 152 Å². The Morgan fingerprint density at radius 1 is 0.302 bits per heavy atom. The van der Waals surface area contributed by atoms with Gasteiger partial charge in [-0.2, -0.15) is 0 Å². The molecule has 1 heterocycles. The molecule has 0 aliphatic rings. The topological polar surface area (TPSA) is 13.1 Å². The number of hydrogen-bond donors (Lipinski definition) is 0. The molecule has 200 valence electrons. The Morgan fingerprint density at radius 2 is 0.860 bits per heavy atom. The molecule has 1 aromatic heterocycles. The van der Waals surface area contributed by atoms with Gasteiger partial charge in [-0.15, -0.1) is 0 Å². The van der Waals surface area contributed by atoms with E-state index in [4.69, 9.17) is 4.42 Å². The largest absolute Gasteiger partial charge is 0.456 e. The van der Waals surface area contributed by atoms with Crippen LogP contribution < -0.4 is 0 Å². The first-order valence-electron chi connectivity index (χ1n) is 14.8. The van der Waals surface area contributed by atoms with E-state index in [0.717, 1.165) is 16.6 Å². The normalized spacial score (nSPS) is 11.7. The summed E-state index contributed by atoms with van der Waals surface area (Å²) in [5, 5.41) is 9.81. The molecule has 8 aromatic carbocycles. The first-order chi connectivity index (χ1) is 21.3. The van der Waals surface area contributed by atoms with Crippen molar-refractivity contribution in [3.63, 3.8) is 0 Å². The van der Waals surface area contributed by atoms with E-state index in [1.807, 2.05) is 6.07 Å². The van der Waals surface area contributed by atoms with Crippen molar-refractivity contribution < 1.29 is 4.42 Å². The summed E-state index contributed by atoms with van der Waals surface area (Å²) in [5.74, 6) is 0. The molecule has 0 unspecified atom stereocenters. The van der Waals surface area contributed by atoms with E-state index >= 15 is 0 Å². The standard InChI is InChI=1S/C42H26O/c1-2-12-27(13-3-1)28-14-10-15-29(26-28)40-33-16-4-6-18-35(33)41(36-19-7-5-17-34(36)40)31-21-11-22-32-30(31)24-25-39-42(32)37-20-8-9-23-38(37)43-39/h1-26H. The van der Waals surface area contributed by atoms with Crippen molar-refractivity contribution in [3.8, 4) is 33.4 Å². The predicted octanol–water partition coefficient (Wildman–Crippen LogP) is 12.0. The molecule has 0 bridgehead atoms. The Morgan fingerprint density at radius 3 is 1.60 bits per heavy atom. The molecule has 0 saturated heterocycles. The number of para-hydroxylation sites is 1. The molecule has 1 nitrogen and oxygen atoms in total. The molecule has 9 aromatic rings. The summed E-state index contributed by atoms with van der Waals surface area (Å²) in [5.41, 5.74) is 9.31. The molecule has 0 N–H and O–H groups in total. The molecule has 1 heteroatoms. The minimum absolute atomic E-state index is 0.924. The second-order valence-electron chi connectivity index (χ2n) is 11.2. The second-order valence-corrected chi connectivity index (χ2v) is 11.2. The smallest absolute Gasteiger partial charge is 0.136 e. The minimum Gasteiger partial charge on any atom is -0.456 e. The first kappa shape index (κ1) is 24.0. The fourth-order valence-corrected chi connectivity index (χ4v) is 7.01. The van der Waals surface area contributed by atoms with Crippen LogP contribution in [0.1, 0.15) is 0 Å². The summed E-state index contributed by atoms with van der Waals surface area (Å²) in [6.45, 7) is 0. The zero-order chi connectivity index (χ0) is 28.3. The average molecular weight is 547 g/mol. The van der Waals surface area contributed by atoms with Gasteiger partial charge in [-0.3, -0.25) is 0 Å². The summed E-state index contributed by atoms with van der Waals surface area (Å²) in [4.78, 5) is 0. The number of furan rings is 1. The Labute approximate surface area is 249 Å². The zero-order valence-corrected chi connectivity index (χ0v) is 23.4. The molecule has 9 rings (SSSR count). The molecular weight excluding hydrogens is 520 g/mol. The zero-order valence-electron chi connectivity index (χ0n) is 23.4. The second kappa shape index (κ2) is 9.44. The van der Waals surface area contributed by atoms with Crippen molar-refractivity contribution in [3.05, 3.63) is 158 Å². The van der Waals surface area contributed by atoms with Crippen molar-refractivity contribution in [1.82, 2.24) is 0 Å². The van der Waals surface area contributed by atoms with Crippen molar-refractivity contribution in [1.29, 1.82) is 0 Å². The van der Waals surface area contributed by atoms with Crippen LogP contribution in [0.5, 0.6) is 0 Å². The highest BCUT2D eigenvalue weighted by molar-refractivity contribution is 6.26. The van der Waals surface area contributed by atoms with Crippen molar-refractivity contribution in [2.45, 2.75) is 0 Å². The van der Waals surface area contributed by atoms with Gasteiger partial charge in [-0.25, -0.2) is 0 Å². The lowest BCUT2D eigenvalue weighted by molar-refractivity contribution is 0.669. The number of rotatable bonds is 3. The Balaban J connectivity index is 1.38. The Hall–Kier alpha value is -5.66. The predicted molar refractivity (Wildman–Crippen MR) is 183 cm³/mol. The molecule has 43 heavy (non-hydrogen) atoms. The first-order valence-corrected chi connectivity index (χ1v) is 14.8. The van der Waals surface area contributed by atoms with E-state index in [1.54, 1.807) is 0 Å². The molecule has 0 amide bonds. The van der Waals surface area contributed by atoms with Gasteiger partial charge in [0.15, 0.2) is 0 Å². The maximum Gasteiger partial charge on any atom is 0.136 e. The van der Waals surface area contributed by atoms with Gasteiger partial charge in [-0.05, 0) is 83.9 Å². The molecule has 0 aliphatic carbocycles. The van der Waals surface area contributed by atoms with E-state index in [-0.39, 0.29) is 0 Å². The summed E-state index contributed by atoms with van der Waals surface area (Å²) in [6, 6.07) is 56.8. The fourth-order valence-electron chi connectivity index (χ4n) is 7.01. The number of fused-ring (bicyclic) bond motifs is 7.